The van der Waals surface area contributed by atoms with Crippen molar-refractivity contribution in [3.63, 3.8) is 0 Å². The molecule has 1 aliphatic heterocycles. The average molecular weight is 410 g/mol. The minimum atomic E-state index is -1.23. The van der Waals surface area contributed by atoms with Gasteiger partial charge in [0, 0.05) is 20.1 Å². The molecule has 2 aromatic rings. The number of hydrogen-bond acceptors (Lipinski definition) is 3. The summed E-state index contributed by atoms with van der Waals surface area (Å²) in [5.74, 6) is -0.324. The zero-order valence-electron chi connectivity index (χ0n) is 10.7. The van der Waals surface area contributed by atoms with Gasteiger partial charge in [0.15, 0.2) is 6.40 Å². The number of rotatable bonds is 2. The topological polar surface area (TPSA) is 50.7 Å². The maximum absolute atomic E-state index is 12.5. The van der Waals surface area contributed by atoms with E-state index in [1.54, 1.807) is 0 Å². The van der Waals surface area contributed by atoms with Crippen molar-refractivity contribution in [1.29, 1.82) is 0 Å². The van der Waals surface area contributed by atoms with Crippen molar-refractivity contribution < 1.29 is 9.53 Å². The van der Waals surface area contributed by atoms with Gasteiger partial charge in [0.05, 0.1) is 0 Å². The third-order valence-corrected chi connectivity index (χ3v) is 4.33. The van der Waals surface area contributed by atoms with Gasteiger partial charge in [0.25, 0.3) is 5.91 Å². The Kier molecular flexibility index (Phi) is 3.82. The number of amides is 1. The molecule has 0 saturated carbocycles. The van der Waals surface area contributed by atoms with E-state index >= 15 is 0 Å². The third kappa shape index (κ3) is 2.49. The molecule has 1 heterocycles. The zero-order chi connectivity index (χ0) is 14.9. The molecular formula is C15H10Br2N2O2. The Morgan fingerprint density at radius 1 is 0.905 bits per heavy atom. The van der Waals surface area contributed by atoms with Crippen molar-refractivity contribution in [1.82, 2.24) is 5.43 Å². The van der Waals surface area contributed by atoms with Crippen LogP contribution in [0.4, 0.5) is 0 Å². The lowest BCUT2D eigenvalue weighted by Crippen LogP contribution is -2.48. The molecule has 0 atom stereocenters. The van der Waals surface area contributed by atoms with Gasteiger partial charge in [-0.25, -0.2) is 5.43 Å². The molecule has 1 amide bonds. The van der Waals surface area contributed by atoms with Gasteiger partial charge >= 0.3 is 0 Å². The highest BCUT2D eigenvalue weighted by molar-refractivity contribution is 9.10. The van der Waals surface area contributed by atoms with E-state index in [2.05, 4.69) is 42.4 Å². The summed E-state index contributed by atoms with van der Waals surface area (Å²) in [7, 11) is 0. The van der Waals surface area contributed by atoms with Crippen LogP contribution in [0, 0.1) is 0 Å². The zero-order valence-corrected chi connectivity index (χ0v) is 13.9. The molecule has 0 fully saturated rings. The van der Waals surface area contributed by atoms with Gasteiger partial charge in [-0.3, -0.25) is 4.79 Å². The van der Waals surface area contributed by atoms with Crippen LogP contribution in [0.25, 0.3) is 0 Å². The fourth-order valence-electron chi connectivity index (χ4n) is 2.26. The number of benzene rings is 2. The molecule has 0 saturated heterocycles. The van der Waals surface area contributed by atoms with Crippen LogP contribution >= 0.6 is 31.9 Å². The first-order valence-electron chi connectivity index (χ1n) is 6.15. The summed E-state index contributed by atoms with van der Waals surface area (Å²) in [5, 5.41) is 3.67. The second-order valence-corrected chi connectivity index (χ2v) is 6.32. The third-order valence-electron chi connectivity index (χ3n) is 3.27. The molecule has 106 valence electrons. The summed E-state index contributed by atoms with van der Waals surface area (Å²) < 4.78 is 7.56. The minimum Gasteiger partial charge on any atom is -0.456 e. The molecule has 0 aromatic heterocycles. The average Bonchev–Trinajstić information content (AvgIpc) is 2.50. The molecule has 1 aliphatic rings. The van der Waals surface area contributed by atoms with Crippen molar-refractivity contribution in [3.05, 3.63) is 68.6 Å². The van der Waals surface area contributed by atoms with Crippen LogP contribution < -0.4 is 5.43 Å². The van der Waals surface area contributed by atoms with E-state index in [-0.39, 0.29) is 5.91 Å². The molecule has 0 aliphatic carbocycles. The summed E-state index contributed by atoms with van der Waals surface area (Å²) in [6.07, 6.45) is 1.26. The number of ether oxygens (including phenoxy) is 1. The van der Waals surface area contributed by atoms with E-state index in [0.717, 1.165) is 20.1 Å². The minimum absolute atomic E-state index is 0.324. The number of nitrogens with zero attached hydrogens (tertiary/aromatic N) is 1. The first kappa shape index (κ1) is 14.3. The van der Waals surface area contributed by atoms with E-state index in [1.807, 2.05) is 48.5 Å². The first-order chi connectivity index (χ1) is 10.1. The number of hydrazone groups is 1. The molecule has 0 bridgehead atoms. The Morgan fingerprint density at radius 3 is 1.81 bits per heavy atom. The molecule has 3 rings (SSSR count). The second-order valence-electron chi connectivity index (χ2n) is 4.49. The molecule has 21 heavy (non-hydrogen) atoms. The fourth-order valence-corrected chi connectivity index (χ4v) is 2.79. The largest absolute Gasteiger partial charge is 0.456 e. The second kappa shape index (κ2) is 5.61. The van der Waals surface area contributed by atoms with Gasteiger partial charge in [-0.2, -0.15) is 0 Å². The van der Waals surface area contributed by atoms with Crippen LogP contribution in [0.2, 0.25) is 0 Å². The highest BCUT2D eigenvalue weighted by Gasteiger charge is 2.45. The normalized spacial score (nSPS) is 16.2. The van der Waals surface area contributed by atoms with E-state index in [1.165, 1.54) is 6.40 Å². The van der Waals surface area contributed by atoms with Crippen molar-refractivity contribution in [2.24, 2.45) is 5.10 Å². The van der Waals surface area contributed by atoms with E-state index in [4.69, 9.17) is 4.74 Å². The molecule has 0 spiro atoms. The van der Waals surface area contributed by atoms with Gasteiger partial charge in [-0.05, 0) is 24.3 Å². The maximum atomic E-state index is 12.5. The predicted molar refractivity (Wildman–Crippen MR) is 86.8 cm³/mol. The van der Waals surface area contributed by atoms with Crippen molar-refractivity contribution in [2.45, 2.75) is 5.60 Å². The Balaban J connectivity index is 2.20. The lowest BCUT2D eigenvalue weighted by molar-refractivity contribution is -0.136. The summed E-state index contributed by atoms with van der Waals surface area (Å²) >= 11 is 6.79. The molecule has 4 nitrogen and oxygen atoms in total. The van der Waals surface area contributed by atoms with Crippen molar-refractivity contribution in [2.75, 3.05) is 0 Å². The first-order valence-corrected chi connectivity index (χ1v) is 7.73. The molecule has 1 N–H and O–H groups in total. The summed E-state index contributed by atoms with van der Waals surface area (Å²) in [4.78, 5) is 12.5. The lowest BCUT2D eigenvalue weighted by Gasteiger charge is -2.33. The summed E-state index contributed by atoms with van der Waals surface area (Å²) in [6.45, 7) is 0. The molecular weight excluding hydrogens is 400 g/mol. The standard InChI is InChI=1S/C15H10Br2N2O2/c16-12-5-1-10(2-6-12)15(14(20)19-18-9-21-15)11-3-7-13(17)8-4-11/h1-9H,(H,19,20). The van der Waals surface area contributed by atoms with Crippen LogP contribution in [0.15, 0.2) is 62.6 Å². The Morgan fingerprint density at radius 2 is 1.38 bits per heavy atom. The van der Waals surface area contributed by atoms with E-state index in [0.29, 0.717) is 0 Å². The summed E-state index contributed by atoms with van der Waals surface area (Å²) in [5.41, 5.74) is 2.71. The number of hydrogen-bond donors (Lipinski definition) is 1. The van der Waals surface area contributed by atoms with Crippen molar-refractivity contribution in [3.8, 4) is 0 Å². The number of nitrogens with one attached hydrogen (secondary N) is 1. The van der Waals surface area contributed by atoms with Gasteiger partial charge in [-0.15, -0.1) is 5.10 Å². The van der Waals surface area contributed by atoms with Crippen LogP contribution in [0.3, 0.4) is 0 Å². The summed E-state index contributed by atoms with van der Waals surface area (Å²) in [6, 6.07) is 14.9. The van der Waals surface area contributed by atoms with Gasteiger partial charge in [-0.1, -0.05) is 56.1 Å². The smallest absolute Gasteiger partial charge is 0.293 e. The molecule has 0 radical (unpaired) electrons. The fraction of sp³-hybridized carbons (Fsp3) is 0.0667. The number of carbonyl (C=O) groups is 1. The monoisotopic (exact) mass is 408 g/mol. The highest BCUT2D eigenvalue weighted by atomic mass is 79.9. The van der Waals surface area contributed by atoms with Crippen LogP contribution in [-0.4, -0.2) is 12.3 Å². The van der Waals surface area contributed by atoms with Gasteiger partial charge in [0.2, 0.25) is 5.60 Å². The SMILES string of the molecule is O=C1NN=COC1(c1ccc(Br)cc1)c1ccc(Br)cc1. The maximum Gasteiger partial charge on any atom is 0.293 e. The van der Waals surface area contributed by atoms with E-state index in [9.17, 15) is 4.79 Å². The lowest BCUT2D eigenvalue weighted by atomic mass is 9.85. The van der Waals surface area contributed by atoms with Crippen LogP contribution in [0.5, 0.6) is 0 Å². The Labute approximate surface area is 138 Å². The van der Waals surface area contributed by atoms with Crippen LogP contribution in [0.1, 0.15) is 11.1 Å². The van der Waals surface area contributed by atoms with Gasteiger partial charge < -0.3 is 4.74 Å². The van der Waals surface area contributed by atoms with Gasteiger partial charge in [0.1, 0.15) is 0 Å². The Hall–Kier alpha value is -1.66. The van der Waals surface area contributed by atoms with E-state index < -0.39 is 5.60 Å². The Bertz CT molecular complexity index is 651. The molecule has 2 aromatic carbocycles. The highest BCUT2D eigenvalue weighted by Crippen LogP contribution is 2.36. The number of carbonyl (C=O) groups excluding carboxylic acids is 1. The van der Waals surface area contributed by atoms with Crippen LogP contribution in [-0.2, 0) is 15.1 Å². The molecule has 6 heteroatoms. The predicted octanol–water partition coefficient (Wildman–Crippen LogP) is 3.54. The molecule has 0 unspecified atom stereocenters. The number of halogens is 2. The quantitative estimate of drug-likeness (QED) is 0.824. The van der Waals surface area contributed by atoms with Crippen molar-refractivity contribution >= 4 is 44.2 Å².